The van der Waals surface area contributed by atoms with Crippen molar-refractivity contribution in [1.29, 1.82) is 0 Å². The van der Waals surface area contributed by atoms with E-state index in [1.807, 2.05) is 0 Å². The second-order valence-electron chi connectivity index (χ2n) is 3.87. The van der Waals surface area contributed by atoms with E-state index in [2.05, 4.69) is 4.98 Å². The molecule has 19 heavy (non-hydrogen) atoms. The molecule has 0 fully saturated rings. The summed E-state index contributed by atoms with van der Waals surface area (Å²) in [6.07, 6.45) is 1.18. The molecule has 0 bridgehead atoms. The van der Waals surface area contributed by atoms with Crippen LogP contribution in [0, 0.1) is 11.6 Å². The van der Waals surface area contributed by atoms with E-state index in [0.717, 1.165) is 6.07 Å². The van der Waals surface area contributed by atoms with Gasteiger partial charge in [-0.05, 0) is 23.8 Å². The van der Waals surface area contributed by atoms with Gasteiger partial charge in [0, 0.05) is 12.6 Å². The maximum absolute atomic E-state index is 13.5. The van der Waals surface area contributed by atoms with Crippen molar-refractivity contribution >= 4 is 5.78 Å². The second-order valence-corrected chi connectivity index (χ2v) is 3.87. The molecule has 0 aliphatic heterocycles. The Morgan fingerprint density at radius 2 is 2.05 bits per heavy atom. The number of carbonyl (C=O) groups excluding carboxylic acids is 1. The van der Waals surface area contributed by atoms with Crippen molar-refractivity contribution in [1.82, 2.24) is 4.98 Å². The van der Waals surface area contributed by atoms with E-state index in [1.54, 1.807) is 12.1 Å². The average Bonchev–Trinajstić information content (AvgIpc) is 2.43. The molecular weight excluding hydrogens is 252 g/mol. The first kappa shape index (κ1) is 13.1. The van der Waals surface area contributed by atoms with Crippen LogP contribution in [-0.4, -0.2) is 17.9 Å². The Kier molecular flexibility index (Phi) is 3.85. The van der Waals surface area contributed by atoms with Crippen LogP contribution in [0.25, 0.3) is 0 Å². The van der Waals surface area contributed by atoms with Crippen molar-refractivity contribution < 1.29 is 18.3 Å². The lowest BCUT2D eigenvalue weighted by atomic mass is 10.1. The lowest BCUT2D eigenvalue weighted by Crippen LogP contribution is -2.09. The zero-order chi connectivity index (χ0) is 13.8. The molecule has 1 aromatic carbocycles. The van der Waals surface area contributed by atoms with Gasteiger partial charge in [-0.15, -0.1) is 0 Å². The van der Waals surface area contributed by atoms with Crippen LogP contribution >= 0.6 is 0 Å². The van der Waals surface area contributed by atoms with E-state index in [4.69, 9.17) is 4.74 Å². The van der Waals surface area contributed by atoms with Gasteiger partial charge >= 0.3 is 0 Å². The molecule has 0 spiro atoms. The molecule has 1 aromatic heterocycles. The number of methoxy groups -OCH3 is 1. The highest BCUT2D eigenvalue weighted by molar-refractivity contribution is 5.98. The third kappa shape index (κ3) is 2.76. The summed E-state index contributed by atoms with van der Waals surface area (Å²) in [7, 11) is 1.41. The van der Waals surface area contributed by atoms with E-state index in [0.29, 0.717) is 5.75 Å². The van der Waals surface area contributed by atoms with Crippen LogP contribution in [0.2, 0.25) is 0 Å². The molecule has 1 heterocycles. The number of hydrogen-bond donors (Lipinski definition) is 0. The molecular formula is C14H11F2NO2. The van der Waals surface area contributed by atoms with Gasteiger partial charge in [-0.1, -0.05) is 12.1 Å². The van der Waals surface area contributed by atoms with Crippen molar-refractivity contribution in [2.45, 2.75) is 6.42 Å². The van der Waals surface area contributed by atoms with Crippen LogP contribution in [0.3, 0.4) is 0 Å². The number of ether oxygens (including phenoxy) is 1. The van der Waals surface area contributed by atoms with E-state index in [1.165, 1.54) is 25.4 Å². The summed E-state index contributed by atoms with van der Waals surface area (Å²) < 4.78 is 31.5. The Morgan fingerprint density at radius 1 is 1.26 bits per heavy atom. The zero-order valence-corrected chi connectivity index (χ0v) is 10.2. The van der Waals surface area contributed by atoms with Gasteiger partial charge in [-0.3, -0.25) is 4.79 Å². The maximum Gasteiger partial charge on any atom is 0.189 e. The predicted octanol–water partition coefficient (Wildman–Crippen LogP) is 2.79. The highest BCUT2D eigenvalue weighted by Gasteiger charge is 2.17. The Labute approximate surface area is 108 Å². The third-order valence-corrected chi connectivity index (χ3v) is 2.64. The molecule has 0 aliphatic carbocycles. The van der Waals surface area contributed by atoms with Crippen molar-refractivity contribution in [2.75, 3.05) is 7.11 Å². The highest BCUT2D eigenvalue weighted by Crippen LogP contribution is 2.19. The normalized spacial score (nSPS) is 10.3. The summed E-state index contributed by atoms with van der Waals surface area (Å²) >= 11 is 0. The van der Waals surface area contributed by atoms with Crippen LogP contribution in [0.5, 0.6) is 5.75 Å². The minimum absolute atomic E-state index is 0.00212. The average molecular weight is 263 g/mol. The topological polar surface area (TPSA) is 39.2 Å². The number of aromatic nitrogens is 1. The molecule has 2 rings (SSSR count). The van der Waals surface area contributed by atoms with Gasteiger partial charge in [0.25, 0.3) is 0 Å². The SMILES string of the molecule is COc1cccnc1C(=O)Cc1cccc(F)c1F. The number of rotatable bonds is 4. The van der Waals surface area contributed by atoms with Crippen molar-refractivity contribution in [2.24, 2.45) is 0 Å². The van der Waals surface area contributed by atoms with Gasteiger partial charge in [0.15, 0.2) is 17.4 Å². The second kappa shape index (κ2) is 5.56. The Bertz CT molecular complexity index is 614. The number of carbonyl (C=O) groups is 1. The largest absolute Gasteiger partial charge is 0.494 e. The number of ketones is 1. The van der Waals surface area contributed by atoms with Gasteiger partial charge in [0.2, 0.25) is 0 Å². The molecule has 5 heteroatoms. The van der Waals surface area contributed by atoms with Crippen LogP contribution in [-0.2, 0) is 6.42 Å². The van der Waals surface area contributed by atoms with E-state index >= 15 is 0 Å². The van der Waals surface area contributed by atoms with Crippen LogP contribution in [0.15, 0.2) is 36.5 Å². The van der Waals surface area contributed by atoms with Gasteiger partial charge in [0.1, 0.15) is 11.4 Å². The van der Waals surface area contributed by atoms with Crippen molar-refractivity contribution in [3.8, 4) is 5.75 Å². The van der Waals surface area contributed by atoms with E-state index < -0.39 is 17.4 Å². The molecule has 0 aliphatic rings. The number of hydrogen-bond acceptors (Lipinski definition) is 3. The Balaban J connectivity index is 2.28. The molecule has 3 nitrogen and oxygen atoms in total. The molecule has 2 aromatic rings. The summed E-state index contributed by atoms with van der Waals surface area (Å²) in [5.41, 5.74) is 0.103. The minimum Gasteiger partial charge on any atom is -0.494 e. The van der Waals surface area contributed by atoms with Crippen LogP contribution < -0.4 is 4.74 Å². The van der Waals surface area contributed by atoms with Crippen LogP contribution in [0.4, 0.5) is 8.78 Å². The highest BCUT2D eigenvalue weighted by atomic mass is 19.2. The summed E-state index contributed by atoms with van der Waals surface area (Å²) in [6.45, 7) is 0. The maximum atomic E-state index is 13.5. The smallest absolute Gasteiger partial charge is 0.189 e. The Hall–Kier alpha value is -2.30. The quantitative estimate of drug-likeness (QED) is 0.796. The molecule has 0 unspecified atom stereocenters. The molecule has 0 N–H and O–H groups in total. The van der Waals surface area contributed by atoms with Crippen molar-refractivity contribution in [3.05, 3.63) is 59.4 Å². The number of pyridine rings is 1. The first-order chi connectivity index (χ1) is 9.13. The summed E-state index contributed by atoms with van der Waals surface area (Å²) in [5.74, 6) is -2.10. The standard InChI is InChI=1S/C14H11F2NO2/c1-19-12-6-3-7-17-14(12)11(18)8-9-4-2-5-10(15)13(9)16/h2-7H,8H2,1H3. The third-order valence-electron chi connectivity index (χ3n) is 2.64. The van der Waals surface area contributed by atoms with E-state index in [-0.39, 0.29) is 17.7 Å². The van der Waals surface area contributed by atoms with Crippen molar-refractivity contribution in [3.63, 3.8) is 0 Å². The minimum atomic E-state index is -1.01. The monoisotopic (exact) mass is 263 g/mol. The number of nitrogens with zero attached hydrogens (tertiary/aromatic N) is 1. The summed E-state index contributed by atoms with van der Waals surface area (Å²) in [4.78, 5) is 15.9. The number of Topliss-reactive ketones (excluding diaryl/α,β-unsaturated/α-hetero) is 1. The molecule has 98 valence electrons. The molecule has 0 amide bonds. The fourth-order valence-corrected chi connectivity index (χ4v) is 1.71. The van der Waals surface area contributed by atoms with Gasteiger partial charge < -0.3 is 4.74 Å². The summed E-state index contributed by atoms with van der Waals surface area (Å²) in [5, 5.41) is 0. The fourth-order valence-electron chi connectivity index (χ4n) is 1.71. The molecule has 0 radical (unpaired) electrons. The first-order valence-corrected chi connectivity index (χ1v) is 5.58. The van der Waals surface area contributed by atoms with E-state index in [9.17, 15) is 13.6 Å². The molecule has 0 saturated carbocycles. The first-order valence-electron chi connectivity index (χ1n) is 5.58. The predicted molar refractivity (Wildman–Crippen MR) is 65.2 cm³/mol. The zero-order valence-electron chi connectivity index (χ0n) is 10.2. The van der Waals surface area contributed by atoms with Gasteiger partial charge in [-0.25, -0.2) is 13.8 Å². The van der Waals surface area contributed by atoms with Gasteiger partial charge in [-0.2, -0.15) is 0 Å². The summed E-state index contributed by atoms with van der Waals surface area (Å²) in [6, 6.07) is 6.94. The number of halogens is 2. The lowest BCUT2D eigenvalue weighted by molar-refractivity contribution is 0.0983. The molecule has 0 atom stereocenters. The van der Waals surface area contributed by atoms with Crippen LogP contribution in [0.1, 0.15) is 16.1 Å². The van der Waals surface area contributed by atoms with Gasteiger partial charge in [0.05, 0.1) is 7.11 Å². The number of benzene rings is 1. The Morgan fingerprint density at radius 3 is 2.79 bits per heavy atom. The lowest BCUT2D eigenvalue weighted by Gasteiger charge is -2.07. The fraction of sp³-hybridized carbons (Fsp3) is 0.143. The molecule has 0 saturated heterocycles.